The number of rotatable bonds is 6. The van der Waals surface area contributed by atoms with Gasteiger partial charge in [0.1, 0.15) is 5.15 Å². The van der Waals surface area contributed by atoms with Crippen LogP contribution in [0.4, 0.5) is 0 Å². The highest BCUT2D eigenvalue weighted by atomic mass is 35.5. The first-order valence-corrected chi connectivity index (χ1v) is 6.40. The number of aromatic nitrogens is 1. The van der Waals surface area contributed by atoms with Crippen molar-refractivity contribution in [2.24, 2.45) is 0 Å². The van der Waals surface area contributed by atoms with Crippen LogP contribution < -0.4 is 0 Å². The minimum absolute atomic E-state index is 0.530. The summed E-state index contributed by atoms with van der Waals surface area (Å²) in [5, 5.41) is 0.568. The lowest BCUT2D eigenvalue weighted by Crippen LogP contribution is -2.39. The van der Waals surface area contributed by atoms with Gasteiger partial charge in [-0.15, -0.1) is 0 Å². The summed E-state index contributed by atoms with van der Waals surface area (Å²) >= 11 is 5.90. The molecular formula is C13H22ClN3. The van der Waals surface area contributed by atoms with Crippen LogP contribution in [0.3, 0.4) is 0 Å². The van der Waals surface area contributed by atoms with Gasteiger partial charge in [-0.2, -0.15) is 0 Å². The third-order valence-corrected chi connectivity index (χ3v) is 3.04. The van der Waals surface area contributed by atoms with Gasteiger partial charge in [0, 0.05) is 25.3 Å². The Morgan fingerprint density at radius 3 is 2.65 bits per heavy atom. The molecule has 1 rings (SSSR count). The zero-order valence-electron chi connectivity index (χ0n) is 11.2. The predicted molar refractivity (Wildman–Crippen MR) is 73.3 cm³/mol. The molecule has 4 heteroatoms. The fraction of sp³-hybridized carbons (Fsp3) is 0.615. The van der Waals surface area contributed by atoms with Crippen LogP contribution in [0, 0.1) is 0 Å². The van der Waals surface area contributed by atoms with Crippen LogP contribution in [0.15, 0.2) is 18.3 Å². The maximum Gasteiger partial charge on any atom is 0.129 e. The first kappa shape index (κ1) is 14.4. The van der Waals surface area contributed by atoms with Gasteiger partial charge >= 0.3 is 0 Å². The summed E-state index contributed by atoms with van der Waals surface area (Å²) in [4.78, 5) is 8.66. The minimum Gasteiger partial charge on any atom is -0.308 e. The van der Waals surface area contributed by atoms with Gasteiger partial charge in [0.15, 0.2) is 0 Å². The van der Waals surface area contributed by atoms with E-state index in [2.05, 4.69) is 42.7 Å². The van der Waals surface area contributed by atoms with Crippen molar-refractivity contribution in [2.75, 3.05) is 27.2 Å². The number of likely N-dealkylation sites (N-methyl/N-ethyl adjacent to an activating group) is 2. The Kier molecular flexibility index (Phi) is 5.89. The maximum absolute atomic E-state index is 5.90. The first-order valence-electron chi connectivity index (χ1n) is 6.02. The molecule has 1 heterocycles. The van der Waals surface area contributed by atoms with Crippen molar-refractivity contribution < 1.29 is 0 Å². The molecule has 96 valence electrons. The number of pyridine rings is 1. The molecule has 1 atom stereocenters. The van der Waals surface area contributed by atoms with Gasteiger partial charge in [0.25, 0.3) is 0 Å². The van der Waals surface area contributed by atoms with Crippen molar-refractivity contribution in [2.45, 2.75) is 26.4 Å². The number of hydrogen-bond donors (Lipinski definition) is 0. The molecule has 0 amide bonds. The Balaban J connectivity index is 2.63. The second kappa shape index (κ2) is 6.94. The molecular weight excluding hydrogens is 234 g/mol. The topological polar surface area (TPSA) is 19.4 Å². The molecule has 0 N–H and O–H groups in total. The molecule has 3 nitrogen and oxygen atoms in total. The molecule has 0 aliphatic carbocycles. The van der Waals surface area contributed by atoms with E-state index in [-0.39, 0.29) is 0 Å². The molecule has 1 unspecified atom stereocenters. The van der Waals surface area contributed by atoms with E-state index in [0.717, 1.165) is 19.6 Å². The Morgan fingerprint density at radius 1 is 1.41 bits per heavy atom. The van der Waals surface area contributed by atoms with Crippen molar-refractivity contribution >= 4 is 11.6 Å². The van der Waals surface area contributed by atoms with Crippen LogP contribution in [0.1, 0.15) is 19.4 Å². The van der Waals surface area contributed by atoms with E-state index in [9.17, 15) is 0 Å². The highest BCUT2D eigenvalue weighted by Crippen LogP contribution is 2.12. The molecule has 0 spiro atoms. The van der Waals surface area contributed by atoms with E-state index in [1.807, 2.05) is 12.1 Å². The monoisotopic (exact) mass is 255 g/mol. The predicted octanol–water partition coefficient (Wildman–Crippen LogP) is 2.51. The van der Waals surface area contributed by atoms with Crippen LogP contribution in [-0.2, 0) is 6.54 Å². The Morgan fingerprint density at radius 2 is 2.12 bits per heavy atom. The summed E-state index contributed by atoms with van der Waals surface area (Å²) in [5.41, 5.74) is 1.22. The normalized spacial score (nSPS) is 13.4. The van der Waals surface area contributed by atoms with Gasteiger partial charge in [-0.1, -0.05) is 18.5 Å². The summed E-state index contributed by atoms with van der Waals surface area (Å²) in [5.74, 6) is 0. The second-order valence-corrected chi connectivity index (χ2v) is 5.05. The third kappa shape index (κ3) is 5.02. The van der Waals surface area contributed by atoms with Gasteiger partial charge in [0.2, 0.25) is 0 Å². The van der Waals surface area contributed by atoms with E-state index < -0.39 is 0 Å². The van der Waals surface area contributed by atoms with Crippen LogP contribution in [-0.4, -0.2) is 48.0 Å². The fourth-order valence-corrected chi connectivity index (χ4v) is 2.20. The van der Waals surface area contributed by atoms with E-state index in [4.69, 9.17) is 11.6 Å². The van der Waals surface area contributed by atoms with Gasteiger partial charge < -0.3 is 4.90 Å². The van der Waals surface area contributed by atoms with Crippen LogP contribution >= 0.6 is 11.6 Å². The summed E-state index contributed by atoms with van der Waals surface area (Å²) in [6.07, 6.45) is 1.77. The summed E-state index contributed by atoms with van der Waals surface area (Å²) in [7, 11) is 4.21. The van der Waals surface area contributed by atoms with Crippen LogP contribution in [0.2, 0.25) is 5.15 Å². The van der Waals surface area contributed by atoms with E-state index >= 15 is 0 Å². The molecule has 0 radical (unpaired) electrons. The van der Waals surface area contributed by atoms with E-state index in [1.54, 1.807) is 6.20 Å². The lowest BCUT2D eigenvalue weighted by molar-refractivity contribution is 0.174. The van der Waals surface area contributed by atoms with Crippen LogP contribution in [0.25, 0.3) is 0 Å². The number of hydrogen-bond acceptors (Lipinski definition) is 3. The average Bonchev–Trinajstić information content (AvgIpc) is 2.24. The van der Waals surface area contributed by atoms with Crippen molar-refractivity contribution in [1.29, 1.82) is 0 Å². The van der Waals surface area contributed by atoms with E-state index in [0.29, 0.717) is 11.2 Å². The first-order chi connectivity index (χ1) is 8.02. The lowest BCUT2D eigenvalue weighted by Gasteiger charge is -2.30. The molecule has 0 aliphatic heterocycles. The number of nitrogens with zero attached hydrogens (tertiary/aromatic N) is 3. The van der Waals surface area contributed by atoms with Gasteiger partial charge in [-0.05, 0) is 45.3 Å². The SMILES string of the molecule is CCN(Cc1ccnc(Cl)c1)C(C)CN(C)C. The smallest absolute Gasteiger partial charge is 0.129 e. The third-order valence-electron chi connectivity index (χ3n) is 2.84. The zero-order chi connectivity index (χ0) is 12.8. The molecule has 0 saturated heterocycles. The standard InChI is InChI=1S/C13H22ClN3/c1-5-17(11(2)9-16(3)4)10-12-6-7-15-13(14)8-12/h6-8,11H,5,9-10H2,1-4H3. The van der Waals surface area contributed by atoms with Crippen molar-refractivity contribution in [1.82, 2.24) is 14.8 Å². The summed E-state index contributed by atoms with van der Waals surface area (Å²) in [6.45, 7) is 7.47. The van der Waals surface area contributed by atoms with Crippen molar-refractivity contribution in [3.8, 4) is 0 Å². The Hall–Kier alpha value is -0.640. The van der Waals surface area contributed by atoms with Crippen molar-refractivity contribution in [3.63, 3.8) is 0 Å². The Bertz CT molecular complexity index is 341. The molecule has 0 fully saturated rings. The largest absolute Gasteiger partial charge is 0.308 e. The lowest BCUT2D eigenvalue weighted by atomic mass is 10.2. The Labute approximate surface area is 109 Å². The average molecular weight is 256 g/mol. The zero-order valence-corrected chi connectivity index (χ0v) is 11.9. The van der Waals surface area contributed by atoms with Gasteiger partial charge in [0.05, 0.1) is 0 Å². The van der Waals surface area contributed by atoms with E-state index in [1.165, 1.54) is 5.56 Å². The molecule has 0 saturated carbocycles. The number of halogens is 1. The quantitative estimate of drug-likeness (QED) is 0.729. The van der Waals surface area contributed by atoms with Crippen molar-refractivity contribution in [3.05, 3.63) is 29.0 Å². The molecule has 0 aromatic carbocycles. The highest BCUT2D eigenvalue weighted by Gasteiger charge is 2.13. The maximum atomic E-state index is 5.90. The van der Waals surface area contributed by atoms with Crippen LogP contribution in [0.5, 0.6) is 0 Å². The fourth-order valence-electron chi connectivity index (χ4n) is 2.00. The molecule has 0 aliphatic rings. The molecule has 1 aromatic heterocycles. The summed E-state index contributed by atoms with van der Waals surface area (Å²) in [6, 6.07) is 4.49. The minimum atomic E-state index is 0.530. The van der Waals surface area contributed by atoms with Gasteiger partial charge in [-0.25, -0.2) is 4.98 Å². The molecule has 1 aromatic rings. The molecule has 0 bridgehead atoms. The summed E-state index contributed by atoms with van der Waals surface area (Å²) < 4.78 is 0. The van der Waals surface area contributed by atoms with Gasteiger partial charge in [-0.3, -0.25) is 4.90 Å². The molecule has 17 heavy (non-hydrogen) atoms. The second-order valence-electron chi connectivity index (χ2n) is 4.66. The highest BCUT2D eigenvalue weighted by molar-refractivity contribution is 6.29.